The van der Waals surface area contributed by atoms with Gasteiger partial charge in [0.15, 0.2) is 5.52 Å². The predicted octanol–water partition coefficient (Wildman–Crippen LogP) is -0.621. The van der Waals surface area contributed by atoms with Gasteiger partial charge in [-0.05, 0) is 0 Å². The molecule has 2 aromatic rings. The third-order valence-corrected chi connectivity index (χ3v) is 1.91. The van der Waals surface area contributed by atoms with Crippen molar-refractivity contribution in [2.24, 2.45) is 0 Å². The molecule has 0 fully saturated rings. The molecule has 0 unspecified atom stereocenters. The van der Waals surface area contributed by atoms with Crippen LogP contribution in [0.5, 0.6) is 0 Å². The van der Waals surface area contributed by atoms with Crippen molar-refractivity contribution in [2.75, 3.05) is 0 Å². The fourth-order valence-electron chi connectivity index (χ4n) is 1.27. The Morgan fingerprint density at radius 3 is 2.87 bits per heavy atom. The van der Waals surface area contributed by atoms with Gasteiger partial charge in [-0.2, -0.15) is 0 Å². The van der Waals surface area contributed by atoms with Gasteiger partial charge < -0.3 is 10.2 Å². The fraction of sp³-hybridized carbons (Fsp3) is 0.125. The Morgan fingerprint density at radius 1 is 1.47 bits per heavy atom. The second-order valence-electron chi connectivity index (χ2n) is 2.95. The lowest BCUT2D eigenvalue weighted by atomic mass is 10.4. The number of nitrogens with zero attached hydrogens (tertiary/aromatic N) is 2. The van der Waals surface area contributed by atoms with Crippen molar-refractivity contribution in [3.63, 3.8) is 0 Å². The van der Waals surface area contributed by atoms with Crippen LogP contribution in [0.1, 0.15) is 5.82 Å². The molecule has 7 heteroatoms. The molecule has 0 aliphatic rings. The Hall–Kier alpha value is -2.31. The van der Waals surface area contributed by atoms with E-state index in [1.807, 2.05) is 4.98 Å². The molecule has 0 aromatic carbocycles. The van der Waals surface area contributed by atoms with E-state index >= 15 is 0 Å². The number of allylic oxidation sites excluding steroid dienone is 1. The summed E-state index contributed by atoms with van der Waals surface area (Å²) in [4.78, 5) is 30.8. The molecule has 0 aliphatic heterocycles. The first kappa shape index (κ1) is 9.25. The van der Waals surface area contributed by atoms with E-state index in [2.05, 4.69) is 16.5 Å². The van der Waals surface area contributed by atoms with Crippen LogP contribution in [0.2, 0.25) is 0 Å². The Bertz CT molecular complexity index is 633. The Balaban J connectivity index is 2.85. The Labute approximate surface area is 82.7 Å². The third-order valence-electron chi connectivity index (χ3n) is 1.91. The van der Waals surface area contributed by atoms with Crippen LogP contribution in [0.3, 0.4) is 0 Å². The summed E-state index contributed by atoms with van der Waals surface area (Å²) in [6, 6.07) is 0. The number of imidazole rings is 1. The molecule has 15 heavy (non-hydrogen) atoms. The molecule has 0 saturated heterocycles. The molecule has 78 valence electrons. The topological polar surface area (TPSA) is 104 Å². The number of hydrogen-bond donors (Lipinski definition) is 3. The highest BCUT2D eigenvalue weighted by molar-refractivity contribution is 5.69. The third kappa shape index (κ3) is 1.33. The van der Waals surface area contributed by atoms with Gasteiger partial charge in [0.2, 0.25) is 5.65 Å². The molecule has 2 rings (SSSR count). The zero-order valence-electron chi connectivity index (χ0n) is 7.65. The number of nitrogens with one attached hydrogen (secondary N) is 2. The molecule has 0 atom stereocenters. The number of rotatable bonds is 2. The highest BCUT2D eigenvalue weighted by Crippen LogP contribution is 2.03. The maximum absolute atomic E-state index is 11.3. The van der Waals surface area contributed by atoms with Gasteiger partial charge >= 0.3 is 5.69 Å². The summed E-state index contributed by atoms with van der Waals surface area (Å²) in [7, 11) is 0. The maximum Gasteiger partial charge on any atom is 0.363 e. The summed E-state index contributed by atoms with van der Waals surface area (Å²) in [6.45, 7) is 3.51. The first-order valence-electron chi connectivity index (χ1n) is 4.17. The average Bonchev–Trinajstić information content (AvgIpc) is 2.60. The summed E-state index contributed by atoms with van der Waals surface area (Å²) in [6.07, 6.45) is 2.01. The molecule has 2 heterocycles. The van der Waals surface area contributed by atoms with E-state index in [-0.39, 0.29) is 11.2 Å². The molecule has 7 nitrogen and oxygen atoms in total. The maximum atomic E-state index is 11.3. The molecule has 0 spiro atoms. The smallest absolute Gasteiger partial charge is 0.363 e. The van der Waals surface area contributed by atoms with Crippen molar-refractivity contribution < 1.29 is 5.21 Å². The van der Waals surface area contributed by atoms with Crippen molar-refractivity contribution >= 4 is 11.2 Å². The quantitative estimate of drug-likeness (QED) is 0.452. The van der Waals surface area contributed by atoms with Gasteiger partial charge in [-0.1, -0.05) is 6.08 Å². The van der Waals surface area contributed by atoms with Crippen molar-refractivity contribution in [1.82, 2.24) is 19.7 Å². The average molecular weight is 208 g/mol. The zero-order valence-corrected chi connectivity index (χ0v) is 7.65. The molecular formula is C8H8N4O3. The molecule has 0 amide bonds. The van der Waals surface area contributed by atoms with Crippen LogP contribution in [0, 0.1) is 0 Å². The SMILES string of the molecule is C=CCc1nc2c([nH]1)c(=O)[nH]c(=O)n2O. The minimum atomic E-state index is -0.913. The zero-order chi connectivity index (χ0) is 11.0. The molecule has 0 bridgehead atoms. The molecular weight excluding hydrogens is 200 g/mol. The van der Waals surface area contributed by atoms with Crippen molar-refractivity contribution in [2.45, 2.75) is 6.42 Å². The normalized spacial score (nSPS) is 10.7. The number of aromatic nitrogens is 4. The van der Waals surface area contributed by atoms with Crippen LogP contribution in [0.15, 0.2) is 22.2 Å². The second-order valence-corrected chi connectivity index (χ2v) is 2.95. The lowest BCUT2D eigenvalue weighted by molar-refractivity contribution is 0.182. The molecule has 0 aliphatic carbocycles. The van der Waals surface area contributed by atoms with Gasteiger partial charge in [-0.3, -0.25) is 9.78 Å². The van der Waals surface area contributed by atoms with Gasteiger partial charge in [-0.25, -0.2) is 9.78 Å². The fourth-order valence-corrected chi connectivity index (χ4v) is 1.27. The number of aromatic amines is 2. The van der Waals surface area contributed by atoms with Crippen molar-refractivity contribution in [3.8, 4) is 0 Å². The molecule has 0 radical (unpaired) electrons. The van der Waals surface area contributed by atoms with Gasteiger partial charge in [0.1, 0.15) is 5.82 Å². The summed E-state index contributed by atoms with van der Waals surface area (Å²) in [5.41, 5.74) is -1.54. The second kappa shape index (κ2) is 3.12. The number of fused-ring (bicyclic) bond motifs is 1. The van der Waals surface area contributed by atoms with E-state index in [1.165, 1.54) is 0 Å². The van der Waals surface area contributed by atoms with E-state index in [9.17, 15) is 14.8 Å². The van der Waals surface area contributed by atoms with Crippen LogP contribution in [0.4, 0.5) is 0 Å². The van der Waals surface area contributed by atoms with Gasteiger partial charge in [-0.15, -0.1) is 11.3 Å². The molecule has 2 aromatic heterocycles. The van der Waals surface area contributed by atoms with Crippen LogP contribution in [0.25, 0.3) is 11.2 Å². The molecule has 3 N–H and O–H groups in total. The van der Waals surface area contributed by atoms with E-state index in [4.69, 9.17) is 0 Å². The van der Waals surface area contributed by atoms with Gasteiger partial charge in [0, 0.05) is 6.42 Å². The standard InChI is InChI=1S/C8H8N4O3/c1-2-3-4-9-5-6(10-4)12(15)8(14)11-7(5)13/h2,15H,1,3H2,(H,9,10)(H,11,13,14). The highest BCUT2D eigenvalue weighted by Gasteiger charge is 2.11. The first-order chi connectivity index (χ1) is 7.13. The Kier molecular flexibility index (Phi) is 1.93. The Morgan fingerprint density at radius 2 is 2.20 bits per heavy atom. The van der Waals surface area contributed by atoms with Crippen LogP contribution in [-0.2, 0) is 6.42 Å². The highest BCUT2D eigenvalue weighted by atomic mass is 16.5. The predicted molar refractivity (Wildman–Crippen MR) is 52.1 cm³/mol. The van der Waals surface area contributed by atoms with E-state index < -0.39 is 11.2 Å². The lowest BCUT2D eigenvalue weighted by Crippen LogP contribution is -2.28. The van der Waals surface area contributed by atoms with Crippen molar-refractivity contribution in [1.29, 1.82) is 0 Å². The van der Waals surface area contributed by atoms with Crippen LogP contribution in [-0.4, -0.2) is 24.9 Å². The minimum Gasteiger partial charge on any atom is -0.422 e. The van der Waals surface area contributed by atoms with E-state index in [0.717, 1.165) is 0 Å². The number of H-pyrrole nitrogens is 2. The van der Waals surface area contributed by atoms with E-state index in [1.54, 1.807) is 6.08 Å². The van der Waals surface area contributed by atoms with E-state index in [0.29, 0.717) is 17.0 Å². The number of hydrogen-bond acceptors (Lipinski definition) is 4. The lowest BCUT2D eigenvalue weighted by Gasteiger charge is -1.93. The van der Waals surface area contributed by atoms with Gasteiger partial charge in [0.25, 0.3) is 5.56 Å². The summed E-state index contributed by atoms with van der Waals surface area (Å²) in [5, 5.41) is 9.29. The first-order valence-corrected chi connectivity index (χ1v) is 4.17. The summed E-state index contributed by atoms with van der Waals surface area (Å²) < 4.78 is 0.291. The monoisotopic (exact) mass is 208 g/mol. The van der Waals surface area contributed by atoms with Gasteiger partial charge in [0.05, 0.1) is 0 Å². The van der Waals surface area contributed by atoms with Crippen LogP contribution < -0.4 is 11.2 Å². The summed E-state index contributed by atoms with van der Waals surface area (Å²) in [5.74, 6) is 0.457. The largest absolute Gasteiger partial charge is 0.422 e. The van der Waals surface area contributed by atoms with Crippen molar-refractivity contribution in [3.05, 3.63) is 39.3 Å². The van der Waals surface area contributed by atoms with Crippen LogP contribution >= 0.6 is 0 Å². The molecule has 0 saturated carbocycles. The minimum absolute atomic E-state index is 0.0638. The summed E-state index contributed by atoms with van der Waals surface area (Å²) >= 11 is 0.